The fourth-order valence-corrected chi connectivity index (χ4v) is 2.87. The van der Waals surface area contributed by atoms with E-state index in [1.165, 1.54) is 31.4 Å². The van der Waals surface area contributed by atoms with Crippen molar-refractivity contribution in [3.05, 3.63) is 58.1 Å². The summed E-state index contributed by atoms with van der Waals surface area (Å²) in [6.45, 7) is -1.05. The Bertz CT molecular complexity index is 935. The normalized spacial score (nSPS) is 10.9. The minimum absolute atomic E-state index is 0.0738. The summed E-state index contributed by atoms with van der Waals surface area (Å²) < 4.78 is 35.6. The highest BCUT2D eigenvalue weighted by atomic mass is 79.9. The zero-order valence-corrected chi connectivity index (χ0v) is 18.0. The van der Waals surface area contributed by atoms with Crippen molar-refractivity contribution in [1.29, 1.82) is 0 Å². The van der Waals surface area contributed by atoms with Crippen LogP contribution in [0, 0.1) is 6.92 Å². The van der Waals surface area contributed by atoms with Crippen molar-refractivity contribution in [1.82, 2.24) is 5.32 Å². The topological polar surface area (TPSA) is 76.7 Å². The molecule has 30 heavy (non-hydrogen) atoms. The molecule has 0 aromatic heterocycles. The number of carbonyl (C=O) groups is 2. The molecule has 0 unspecified atom stereocenters. The lowest BCUT2D eigenvalue weighted by Gasteiger charge is -2.12. The molecule has 0 bridgehead atoms. The molecule has 0 atom stereocenters. The number of rotatable bonds is 9. The highest BCUT2D eigenvalue weighted by Crippen LogP contribution is 2.33. The average Bonchev–Trinajstić information content (AvgIpc) is 2.69. The fraction of sp³-hybridized carbons (Fsp3) is 0.238. The summed E-state index contributed by atoms with van der Waals surface area (Å²) in [5.41, 5.74) is 1.86. The molecule has 0 aliphatic carbocycles. The van der Waals surface area contributed by atoms with E-state index in [-0.39, 0.29) is 35.9 Å². The molecule has 160 valence electrons. The monoisotopic (exact) mass is 482 g/mol. The number of methoxy groups -OCH3 is 1. The van der Waals surface area contributed by atoms with Gasteiger partial charge in [-0.3, -0.25) is 9.59 Å². The molecule has 2 amide bonds. The zero-order valence-electron chi connectivity index (χ0n) is 16.4. The zero-order chi connectivity index (χ0) is 22.1. The van der Waals surface area contributed by atoms with E-state index in [1.54, 1.807) is 12.1 Å². The third-order valence-electron chi connectivity index (χ3n) is 3.98. The first kappa shape index (κ1) is 23.3. The Balaban J connectivity index is 1.89. The highest BCUT2D eigenvalue weighted by Gasteiger charge is 2.14. The number of amides is 2. The highest BCUT2D eigenvalue weighted by molar-refractivity contribution is 9.10. The summed E-state index contributed by atoms with van der Waals surface area (Å²) in [5.74, 6) is -0.770. The van der Waals surface area contributed by atoms with Crippen molar-refractivity contribution in [2.75, 3.05) is 19.0 Å². The molecule has 2 aromatic rings. The van der Waals surface area contributed by atoms with Gasteiger partial charge in [0.25, 0.3) is 0 Å². The van der Waals surface area contributed by atoms with Crippen molar-refractivity contribution >= 4 is 39.5 Å². The number of hydrogen-bond acceptors (Lipinski definition) is 4. The molecule has 0 aliphatic rings. The molecule has 0 aliphatic heterocycles. The minimum atomic E-state index is -3.03. The van der Waals surface area contributed by atoms with Gasteiger partial charge in [0.2, 0.25) is 11.8 Å². The Morgan fingerprint density at radius 2 is 2.00 bits per heavy atom. The minimum Gasteiger partial charge on any atom is -0.493 e. The smallest absolute Gasteiger partial charge is 0.387 e. The number of nitrogens with one attached hydrogen (secondary N) is 2. The molecule has 6 nitrogen and oxygen atoms in total. The lowest BCUT2D eigenvalue weighted by Crippen LogP contribution is -2.26. The van der Waals surface area contributed by atoms with Gasteiger partial charge in [-0.2, -0.15) is 8.78 Å². The van der Waals surface area contributed by atoms with Crippen LogP contribution in [0.25, 0.3) is 6.08 Å². The Kier molecular flexibility index (Phi) is 8.79. The molecular formula is C21H21BrF2N2O4. The van der Waals surface area contributed by atoms with E-state index in [4.69, 9.17) is 4.74 Å². The van der Waals surface area contributed by atoms with E-state index >= 15 is 0 Å². The van der Waals surface area contributed by atoms with Gasteiger partial charge >= 0.3 is 6.61 Å². The first-order valence-electron chi connectivity index (χ1n) is 8.94. The predicted octanol–water partition coefficient (Wildman–Crippen LogP) is 4.53. The van der Waals surface area contributed by atoms with E-state index in [1.807, 2.05) is 19.1 Å². The Labute approximate surface area is 181 Å². The maximum Gasteiger partial charge on any atom is 0.387 e. The third kappa shape index (κ3) is 7.14. The largest absolute Gasteiger partial charge is 0.493 e. The lowest BCUT2D eigenvalue weighted by atomic mass is 10.1. The van der Waals surface area contributed by atoms with E-state index in [0.29, 0.717) is 5.69 Å². The number of ether oxygens (including phenoxy) is 2. The van der Waals surface area contributed by atoms with Crippen LogP contribution in [0.2, 0.25) is 0 Å². The second kappa shape index (κ2) is 11.3. The summed E-state index contributed by atoms with van der Waals surface area (Å²) in [4.78, 5) is 24.0. The van der Waals surface area contributed by atoms with Crippen LogP contribution < -0.4 is 20.1 Å². The van der Waals surface area contributed by atoms with Gasteiger partial charge in [0.1, 0.15) is 0 Å². The molecule has 0 saturated heterocycles. The summed E-state index contributed by atoms with van der Waals surface area (Å²) in [6.07, 6.45) is 2.58. The van der Waals surface area contributed by atoms with Gasteiger partial charge in [0, 0.05) is 34.8 Å². The standard InChI is InChI=1S/C21H21BrF2N2O4/c1-13-6-8-15(22)12-16(13)26-19(28)10-11-25-18(27)9-7-14-4-3-5-17(29-2)20(14)30-21(23)24/h3-9,12,21H,10-11H2,1-2H3,(H,25,27)(H,26,28)/b9-7+. The van der Waals surface area contributed by atoms with Crippen LogP contribution in [0.1, 0.15) is 17.5 Å². The van der Waals surface area contributed by atoms with Crippen LogP contribution >= 0.6 is 15.9 Å². The predicted molar refractivity (Wildman–Crippen MR) is 114 cm³/mol. The van der Waals surface area contributed by atoms with E-state index in [2.05, 4.69) is 31.3 Å². The number of benzene rings is 2. The molecular weight excluding hydrogens is 462 g/mol. The molecule has 0 radical (unpaired) electrons. The van der Waals surface area contributed by atoms with Crippen molar-refractivity contribution in [3.8, 4) is 11.5 Å². The first-order chi connectivity index (χ1) is 14.3. The van der Waals surface area contributed by atoms with Crippen LogP contribution in [0.5, 0.6) is 11.5 Å². The molecule has 0 saturated carbocycles. The number of aryl methyl sites for hydroxylation is 1. The molecule has 9 heteroatoms. The maximum absolute atomic E-state index is 12.6. The first-order valence-corrected chi connectivity index (χ1v) is 9.73. The number of para-hydroxylation sites is 1. The number of alkyl halides is 2. The van der Waals surface area contributed by atoms with Gasteiger partial charge in [-0.05, 0) is 36.8 Å². The Hall–Kier alpha value is -2.94. The summed E-state index contributed by atoms with van der Waals surface area (Å²) in [7, 11) is 1.33. The second-order valence-corrected chi connectivity index (χ2v) is 7.05. The van der Waals surface area contributed by atoms with Crippen LogP contribution in [0.3, 0.4) is 0 Å². The number of halogens is 3. The fourth-order valence-electron chi connectivity index (χ4n) is 2.51. The third-order valence-corrected chi connectivity index (χ3v) is 4.47. The van der Waals surface area contributed by atoms with Crippen molar-refractivity contribution in [3.63, 3.8) is 0 Å². The van der Waals surface area contributed by atoms with Gasteiger partial charge in [-0.15, -0.1) is 0 Å². The quantitative estimate of drug-likeness (QED) is 0.515. The van der Waals surface area contributed by atoms with Gasteiger partial charge in [0.05, 0.1) is 7.11 Å². The van der Waals surface area contributed by atoms with Crippen LogP contribution in [0.4, 0.5) is 14.5 Å². The molecule has 2 aromatic carbocycles. The van der Waals surface area contributed by atoms with Crippen molar-refractivity contribution in [2.45, 2.75) is 20.0 Å². The molecule has 2 rings (SSSR count). The van der Waals surface area contributed by atoms with E-state index in [9.17, 15) is 18.4 Å². The molecule has 0 fully saturated rings. The van der Waals surface area contributed by atoms with E-state index in [0.717, 1.165) is 10.0 Å². The van der Waals surface area contributed by atoms with Gasteiger partial charge in [0.15, 0.2) is 11.5 Å². The summed E-state index contributed by atoms with van der Waals surface area (Å²) >= 11 is 3.35. The Morgan fingerprint density at radius 1 is 1.23 bits per heavy atom. The molecule has 2 N–H and O–H groups in total. The number of carbonyl (C=O) groups excluding carboxylic acids is 2. The second-order valence-electron chi connectivity index (χ2n) is 6.14. The van der Waals surface area contributed by atoms with Gasteiger partial charge in [-0.1, -0.05) is 34.1 Å². The van der Waals surface area contributed by atoms with Gasteiger partial charge < -0.3 is 20.1 Å². The van der Waals surface area contributed by atoms with E-state index < -0.39 is 12.5 Å². The summed E-state index contributed by atoms with van der Waals surface area (Å²) in [5, 5.41) is 5.35. The SMILES string of the molecule is COc1cccc(/C=C/C(=O)NCCC(=O)Nc2cc(Br)ccc2C)c1OC(F)F. The average molecular weight is 483 g/mol. The maximum atomic E-state index is 12.6. The number of anilines is 1. The van der Waals surface area contributed by atoms with Crippen molar-refractivity contribution < 1.29 is 27.8 Å². The number of hydrogen-bond donors (Lipinski definition) is 2. The summed E-state index contributed by atoms with van der Waals surface area (Å²) in [6, 6.07) is 10.1. The molecule has 0 heterocycles. The van der Waals surface area contributed by atoms with Crippen molar-refractivity contribution in [2.24, 2.45) is 0 Å². The Morgan fingerprint density at radius 3 is 2.70 bits per heavy atom. The lowest BCUT2D eigenvalue weighted by molar-refractivity contribution is -0.117. The van der Waals surface area contributed by atoms with Crippen LogP contribution in [-0.4, -0.2) is 32.1 Å². The van der Waals surface area contributed by atoms with Gasteiger partial charge in [-0.25, -0.2) is 0 Å². The van der Waals surface area contributed by atoms with Crippen LogP contribution in [-0.2, 0) is 9.59 Å². The van der Waals surface area contributed by atoms with Crippen LogP contribution in [0.15, 0.2) is 46.9 Å². The molecule has 0 spiro atoms.